The highest BCUT2D eigenvalue weighted by Gasteiger charge is 2.25. The van der Waals surface area contributed by atoms with Gasteiger partial charge in [0.05, 0.1) is 6.10 Å². The molecule has 27 heavy (non-hydrogen) atoms. The summed E-state index contributed by atoms with van der Waals surface area (Å²) in [7, 11) is 0. The van der Waals surface area contributed by atoms with Crippen molar-refractivity contribution >= 4 is 16.8 Å². The number of nitrogens with zero attached hydrogens (tertiary/aromatic N) is 1. The average molecular weight is 369 g/mol. The molecular formula is C21H27N3O3. The van der Waals surface area contributed by atoms with Crippen molar-refractivity contribution in [2.45, 2.75) is 44.8 Å². The van der Waals surface area contributed by atoms with Gasteiger partial charge in [-0.25, -0.2) is 0 Å². The maximum Gasteiger partial charge on any atom is 0.256 e. The van der Waals surface area contributed by atoms with Gasteiger partial charge in [-0.3, -0.25) is 9.59 Å². The largest absolute Gasteiger partial charge is 0.377 e. The molecule has 1 atom stereocenters. The van der Waals surface area contributed by atoms with E-state index in [9.17, 15) is 9.59 Å². The first kappa shape index (κ1) is 18.2. The molecular weight excluding hydrogens is 342 g/mol. The van der Waals surface area contributed by atoms with Gasteiger partial charge in [0.15, 0.2) is 0 Å². The molecule has 1 aromatic carbocycles. The van der Waals surface area contributed by atoms with E-state index in [0.29, 0.717) is 11.5 Å². The number of nitrogens with one attached hydrogen (secondary N) is 2. The van der Waals surface area contributed by atoms with Crippen LogP contribution in [-0.2, 0) is 4.74 Å². The number of pyridine rings is 1. The fraction of sp³-hybridized carbons (Fsp3) is 0.524. The number of carbonyl (C=O) groups is 1. The molecule has 0 aliphatic carbocycles. The third kappa shape index (κ3) is 4.06. The van der Waals surface area contributed by atoms with Crippen LogP contribution < -0.4 is 10.7 Å². The quantitative estimate of drug-likeness (QED) is 0.867. The second-order valence-corrected chi connectivity index (χ2v) is 7.76. The van der Waals surface area contributed by atoms with E-state index in [0.717, 1.165) is 63.0 Å². The molecule has 0 spiro atoms. The molecule has 2 aliphatic rings. The van der Waals surface area contributed by atoms with E-state index in [1.807, 2.05) is 25.1 Å². The summed E-state index contributed by atoms with van der Waals surface area (Å²) in [6, 6.07) is 5.76. The minimum Gasteiger partial charge on any atom is -0.377 e. The minimum absolute atomic E-state index is 0.117. The Labute approximate surface area is 158 Å². The summed E-state index contributed by atoms with van der Waals surface area (Å²) in [6.07, 6.45) is 6.03. The Bertz CT molecular complexity index is 878. The molecule has 1 amide bonds. The number of aromatic nitrogens is 1. The van der Waals surface area contributed by atoms with E-state index in [4.69, 9.17) is 4.74 Å². The van der Waals surface area contributed by atoms with E-state index in [1.54, 1.807) is 0 Å². The highest BCUT2D eigenvalue weighted by molar-refractivity contribution is 5.97. The summed E-state index contributed by atoms with van der Waals surface area (Å²) in [6.45, 7) is 5.73. The van der Waals surface area contributed by atoms with E-state index >= 15 is 0 Å². The fourth-order valence-electron chi connectivity index (χ4n) is 4.10. The van der Waals surface area contributed by atoms with Gasteiger partial charge in [0.25, 0.3) is 5.91 Å². The third-order valence-electron chi connectivity index (χ3n) is 5.69. The number of ether oxygens (including phenoxy) is 1. The van der Waals surface area contributed by atoms with Gasteiger partial charge in [0.1, 0.15) is 5.56 Å². The predicted molar refractivity (Wildman–Crippen MR) is 105 cm³/mol. The molecule has 2 N–H and O–H groups in total. The molecule has 3 heterocycles. The number of fused-ring (bicyclic) bond motifs is 1. The van der Waals surface area contributed by atoms with E-state index in [2.05, 4.69) is 15.2 Å². The summed E-state index contributed by atoms with van der Waals surface area (Å²) in [4.78, 5) is 30.9. The molecule has 2 saturated heterocycles. The topological polar surface area (TPSA) is 74.4 Å². The van der Waals surface area contributed by atoms with E-state index in [1.165, 1.54) is 6.20 Å². The van der Waals surface area contributed by atoms with Crippen LogP contribution in [0, 0.1) is 6.92 Å². The van der Waals surface area contributed by atoms with Crippen molar-refractivity contribution in [2.75, 3.05) is 26.2 Å². The number of hydrogen-bond donors (Lipinski definition) is 2. The second-order valence-electron chi connectivity index (χ2n) is 7.76. The number of carbonyl (C=O) groups excluding carboxylic acids is 1. The Morgan fingerprint density at radius 3 is 2.85 bits per heavy atom. The van der Waals surface area contributed by atoms with Crippen molar-refractivity contribution < 1.29 is 9.53 Å². The van der Waals surface area contributed by atoms with Gasteiger partial charge in [-0.2, -0.15) is 0 Å². The highest BCUT2D eigenvalue weighted by Crippen LogP contribution is 2.17. The molecule has 0 radical (unpaired) electrons. The van der Waals surface area contributed by atoms with Crippen LogP contribution in [0.3, 0.4) is 0 Å². The minimum atomic E-state index is -0.280. The van der Waals surface area contributed by atoms with Gasteiger partial charge in [-0.05, 0) is 44.7 Å². The molecule has 6 nitrogen and oxygen atoms in total. The summed E-state index contributed by atoms with van der Waals surface area (Å²) in [5, 5.41) is 3.62. The molecule has 1 aromatic heterocycles. The fourth-order valence-corrected chi connectivity index (χ4v) is 4.10. The number of aromatic amines is 1. The number of amides is 1. The van der Waals surface area contributed by atoms with Gasteiger partial charge in [0.2, 0.25) is 5.43 Å². The Kier molecular flexibility index (Phi) is 5.27. The number of likely N-dealkylation sites (tertiary alicyclic amines) is 1. The molecule has 2 fully saturated rings. The van der Waals surface area contributed by atoms with Crippen molar-refractivity contribution in [1.82, 2.24) is 15.2 Å². The maximum absolute atomic E-state index is 12.7. The predicted octanol–water partition coefficient (Wildman–Crippen LogP) is 2.21. The van der Waals surface area contributed by atoms with Crippen molar-refractivity contribution in [3.05, 3.63) is 45.7 Å². The van der Waals surface area contributed by atoms with Crippen LogP contribution in [0.25, 0.3) is 10.9 Å². The first-order valence-electron chi connectivity index (χ1n) is 9.87. The average Bonchev–Trinajstić information content (AvgIpc) is 3.17. The monoisotopic (exact) mass is 369 g/mol. The van der Waals surface area contributed by atoms with Gasteiger partial charge < -0.3 is 19.9 Å². The van der Waals surface area contributed by atoms with Crippen molar-refractivity contribution in [3.8, 4) is 0 Å². The van der Waals surface area contributed by atoms with Crippen LogP contribution in [0.5, 0.6) is 0 Å². The zero-order valence-electron chi connectivity index (χ0n) is 15.8. The molecule has 4 rings (SSSR count). The standard InChI is InChI=1S/C21H27N3O3/c1-14-4-5-19-17(11-14)20(25)18(12-22-19)21(26)23-15-6-8-24(9-7-15)13-16-3-2-10-27-16/h4-5,11-12,15-16H,2-3,6-10,13H2,1H3,(H,22,25)(H,23,26). The van der Waals surface area contributed by atoms with Gasteiger partial charge >= 0.3 is 0 Å². The molecule has 2 aliphatic heterocycles. The number of H-pyrrole nitrogens is 1. The lowest BCUT2D eigenvalue weighted by Gasteiger charge is -2.33. The lowest BCUT2D eigenvalue weighted by molar-refractivity contribution is 0.0612. The lowest BCUT2D eigenvalue weighted by atomic mass is 10.0. The van der Waals surface area contributed by atoms with Crippen molar-refractivity contribution in [2.24, 2.45) is 0 Å². The second kappa shape index (κ2) is 7.82. The maximum atomic E-state index is 12.7. The van der Waals surface area contributed by atoms with Crippen LogP contribution in [0.4, 0.5) is 0 Å². The van der Waals surface area contributed by atoms with Gasteiger partial charge in [0, 0.05) is 49.4 Å². The molecule has 2 aromatic rings. The smallest absolute Gasteiger partial charge is 0.256 e. The zero-order valence-corrected chi connectivity index (χ0v) is 15.8. The van der Waals surface area contributed by atoms with Gasteiger partial charge in [-0.15, -0.1) is 0 Å². The van der Waals surface area contributed by atoms with Crippen LogP contribution >= 0.6 is 0 Å². The van der Waals surface area contributed by atoms with Crippen LogP contribution in [0.2, 0.25) is 0 Å². The summed E-state index contributed by atoms with van der Waals surface area (Å²) in [5.41, 5.74) is 1.74. The third-order valence-corrected chi connectivity index (χ3v) is 5.69. The number of piperidine rings is 1. The molecule has 0 bridgehead atoms. The van der Waals surface area contributed by atoms with E-state index in [-0.39, 0.29) is 22.9 Å². The summed E-state index contributed by atoms with van der Waals surface area (Å²) < 4.78 is 5.71. The Hall–Kier alpha value is -2.18. The summed E-state index contributed by atoms with van der Waals surface area (Å²) >= 11 is 0. The number of benzene rings is 1. The normalized spacial score (nSPS) is 21.6. The number of aryl methyl sites for hydroxylation is 1. The van der Waals surface area contributed by atoms with Crippen LogP contribution in [0.15, 0.2) is 29.2 Å². The Morgan fingerprint density at radius 2 is 2.11 bits per heavy atom. The molecule has 1 unspecified atom stereocenters. The SMILES string of the molecule is Cc1ccc2[nH]cc(C(=O)NC3CCN(CC4CCCO4)CC3)c(=O)c2c1. The number of rotatable bonds is 4. The zero-order chi connectivity index (χ0) is 18.8. The van der Waals surface area contributed by atoms with Crippen molar-refractivity contribution in [1.29, 1.82) is 0 Å². The molecule has 144 valence electrons. The first-order valence-corrected chi connectivity index (χ1v) is 9.87. The van der Waals surface area contributed by atoms with E-state index < -0.39 is 0 Å². The Morgan fingerprint density at radius 1 is 1.30 bits per heavy atom. The van der Waals surface area contributed by atoms with Crippen molar-refractivity contribution in [3.63, 3.8) is 0 Å². The first-order chi connectivity index (χ1) is 13.1. The Balaban J connectivity index is 1.37. The van der Waals surface area contributed by atoms with Gasteiger partial charge in [-0.1, -0.05) is 11.6 Å². The van der Waals surface area contributed by atoms with Crippen LogP contribution in [-0.4, -0.2) is 54.2 Å². The molecule has 6 heteroatoms. The summed E-state index contributed by atoms with van der Waals surface area (Å²) in [5.74, 6) is -0.280. The highest BCUT2D eigenvalue weighted by atomic mass is 16.5. The molecule has 0 saturated carbocycles. The number of hydrogen-bond acceptors (Lipinski definition) is 4. The van der Waals surface area contributed by atoms with Crippen LogP contribution in [0.1, 0.15) is 41.6 Å². The lowest BCUT2D eigenvalue weighted by Crippen LogP contribution is -2.47.